The van der Waals surface area contributed by atoms with E-state index in [9.17, 15) is 4.79 Å². The van der Waals surface area contributed by atoms with Crippen LogP contribution in [0.1, 0.15) is 15.9 Å². The van der Waals surface area contributed by atoms with Gasteiger partial charge in [-0.3, -0.25) is 4.79 Å². The molecule has 0 spiro atoms. The van der Waals surface area contributed by atoms with Crippen LogP contribution in [-0.2, 0) is 6.54 Å². The van der Waals surface area contributed by atoms with Gasteiger partial charge < -0.3 is 10.1 Å². The molecule has 0 fully saturated rings. The molecule has 0 amide bonds. The second-order valence-corrected chi connectivity index (χ2v) is 6.09. The molecule has 0 radical (unpaired) electrons. The molecule has 2 aromatic carbocycles. The molecule has 0 aliphatic carbocycles. The molecule has 8 nitrogen and oxygen atoms in total. The van der Waals surface area contributed by atoms with Crippen molar-refractivity contribution in [3.8, 4) is 17.4 Å². The SMILES string of the molecule is COc1ccccc1C(=O)n1nc(-c2ncccn2)nc1NCc1ccccc1. The molecule has 2 heterocycles. The van der Waals surface area contributed by atoms with Crippen molar-refractivity contribution in [2.24, 2.45) is 0 Å². The summed E-state index contributed by atoms with van der Waals surface area (Å²) in [6.45, 7) is 0.480. The highest BCUT2D eigenvalue weighted by molar-refractivity contribution is 5.99. The van der Waals surface area contributed by atoms with E-state index in [2.05, 4.69) is 25.4 Å². The van der Waals surface area contributed by atoms with Crippen molar-refractivity contribution < 1.29 is 9.53 Å². The van der Waals surface area contributed by atoms with Crippen LogP contribution in [0.15, 0.2) is 73.1 Å². The van der Waals surface area contributed by atoms with Crippen molar-refractivity contribution in [2.45, 2.75) is 6.54 Å². The maximum atomic E-state index is 13.2. The molecule has 0 saturated carbocycles. The normalized spacial score (nSPS) is 10.5. The fraction of sp³-hybridized carbons (Fsp3) is 0.0952. The lowest BCUT2D eigenvalue weighted by atomic mass is 10.2. The van der Waals surface area contributed by atoms with E-state index in [1.807, 2.05) is 30.3 Å². The number of nitrogens with zero attached hydrogens (tertiary/aromatic N) is 5. The third kappa shape index (κ3) is 3.96. The predicted octanol–water partition coefficient (Wildman–Crippen LogP) is 3.04. The standard InChI is InChI=1S/C21H18N6O2/c1-29-17-11-6-5-10-16(17)20(28)27-21(24-14-15-8-3-2-4-9-15)25-19(26-27)18-22-12-7-13-23-18/h2-13H,14H2,1H3,(H,24,25,26). The quantitative estimate of drug-likeness (QED) is 0.544. The van der Waals surface area contributed by atoms with Gasteiger partial charge in [0, 0.05) is 18.9 Å². The molecule has 2 aromatic heterocycles. The van der Waals surface area contributed by atoms with Gasteiger partial charge in [-0.25, -0.2) is 9.97 Å². The molecule has 1 N–H and O–H groups in total. The second-order valence-electron chi connectivity index (χ2n) is 6.09. The molecule has 0 aliphatic rings. The van der Waals surface area contributed by atoms with Crippen LogP contribution in [-0.4, -0.2) is 37.7 Å². The van der Waals surface area contributed by atoms with Gasteiger partial charge in [0.25, 0.3) is 5.91 Å². The summed E-state index contributed by atoms with van der Waals surface area (Å²) in [7, 11) is 1.52. The molecule has 4 rings (SSSR count). The Morgan fingerprint density at radius 2 is 1.69 bits per heavy atom. The number of benzene rings is 2. The number of anilines is 1. The highest BCUT2D eigenvalue weighted by atomic mass is 16.5. The minimum Gasteiger partial charge on any atom is -0.496 e. The summed E-state index contributed by atoms with van der Waals surface area (Å²) in [4.78, 5) is 26.0. The van der Waals surface area contributed by atoms with Crippen LogP contribution in [0.2, 0.25) is 0 Å². The van der Waals surface area contributed by atoms with Gasteiger partial charge in [-0.05, 0) is 23.8 Å². The first-order valence-corrected chi connectivity index (χ1v) is 8.96. The predicted molar refractivity (Wildman–Crippen MR) is 108 cm³/mol. The van der Waals surface area contributed by atoms with Crippen LogP contribution in [0, 0.1) is 0 Å². The molecule has 4 aromatic rings. The Morgan fingerprint density at radius 1 is 0.966 bits per heavy atom. The number of rotatable bonds is 6. The molecule has 0 unspecified atom stereocenters. The van der Waals surface area contributed by atoms with Crippen LogP contribution < -0.4 is 10.1 Å². The zero-order chi connectivity index (χ0) is 20.1. The lowest BCUT2D eigenvalue weighted by molar-refractivity contribution is 0.0944. The minimum atomic E-state index is -0.368. The van der Waals surface area contributed by atoms with Crippen molar-refractivity contribution in [3.05, 3.63) is 84.2 Å². The maximum Gasteiger partial charge on any atom is 0.285 e. The monoisotopic (exact) mass is 386 g/mol. The number of ether oxygens (including phenoxy) is 1. The molecule has 0 saturated heterocycles. The fourth-order valence-corrected chi connectivity index (χ4v) is 2.79. The first-order valence-electron chi connectivity index (χ1n) is 8.96. The molecule has 8 heteroatoms. The Kier molecular flexibility index (Phi) is 5.24. The molecule has 0 atom stereocenters. The molecule has 0 aliphatic heterocycles. The van der Waals surface area contributed by atoms with E-state index in [-0.39, 0.29) is 11.7 Å². The Morgan fingerprint density at radius 3 is 2.45 bits per heavy atom. The first kappa shape index (κ1) is 18.3. The first-order chi connectivity index (χ1) is 14.3. The van der Waals surface area contributed by atoms with Gasteiger partial charge in [-0.15, -0.1) is 5.10 Å². The number of para-hydroxylation sites is 1. The minimum absolute atomic E-state index is 0.254. The number of hydrogen-bond acceptors (Lipinski definition) is 7. The van der Waals surface area contributed by atoms with E-state index >= 15 is 0 Å². The number of nitrogens with one attached hydrogen (secondary N) is 1. The van der Waals surface area contributed by atoms with E-state index in [4.69, 9.17) is 4.74 Å². The second kappa shape index (κ2) is 8.30. The average molecular weight is 386 g/mol. The van der Waals surface area contributed by atoms with Crippen LogP contribution in [0.3, 0.4) is 0 Å². The highest BCUT2D eigenvalue weighted by Crippen LogP contribution is 2.21. The summed E-state index contributed by atoms with van der Waals surface area (Å²) in [5.41, 5.74) is 1.42. The van der Waals surface area contributed by atoms with Crippen LogP contribution in [0.25, 0.3) is 11.6 Å². The third-order valence-electron chi connectivity index (χ3n) is 4.20. The highest BCUT2D eigenvalue weighted by Gasteiger charge is 2.22. The van der Waals surface area contributed by atoms with Gasteiger partial charge in [0.2, 0.25) is 11.8 Å². The zero-order valence-corrected chi connectivity index (χ0v) is 15.7. The number of carbonyl (C=O) groups is 1. The number of methoxy groups -OCH3 is 1. The molecule has 144 valence electrons. The summed E-state index contributed by atoms with van der Waals surface area (Å²) in [6.07, 6.45) is 3.20. The van der Waals surface area contributed by atoms with Crippen LogP contribution in [0.4, 0.5) is 5.95 Å². The number of hydrogen-bond donors (Lipinski definition) is 1. The van der Waals surface area contributed by atoms with Crippen molar-refractivity contribution in [3.63, 3.8) is 0 Å². The van der Waals surface area contributed by atoms with Crippen molar-refractivity contribution >= 4 is 11.9 Å². The van der Waals surface area contributed by atoms with Gasteiger partial charge >= 0.3 is 0 Å². The third-order valence-corrected chi connectivity index (χ3v) is 4.20. The zero-order valence-electron chi connectivity index (χ0n) is 15.7. The smallest absolute Gasteiger partial charge is 0.285 e. The number of carbonyl (C=O) groups excluding carboxylic acids is 1. The van der Waals surface area contributed by atoms with Gasteiger partial charge in [-0.1, -0.05) is 42.5 Å². The summed E-state index contributed by atoms with van der Waals surface area (Å²) < 4.78 is 6.54. The van der Waals surface area contributed by atoms with E-state index in [1.165, 1.54) is 11.8 Å². The largest absolute Gasteiger partial charge is 0.496 e. The van der Waals surface area contributed by atoms with E-state index in [1.54, 1.807) is 42.7 Å². The van der Waals surface area contributed by atoms with Gasteiger partial charge in [0.15, 0.2) is 5.82 Å². The summed E-state index contributed by atoms with van der Waals surface area (Å²) in [5, 5.41) is 7.54. The molecule has 29 heavy (non-hydrogen) atoms. The van der Waals surface area contributed by atoms with Gasteiger partial charge in [-0.2, -0.15) is 9.67 Å². The lowest BCUT2D eigenvalue weighted by Gasteiger charge is -2.09. The molecule has 0 bridgehead atoms. The van der Waals surface area contributed by atoms with Gasteiger partial charge in [0.1, 0.15) is 5.75 Å². The van der Waals surface area contributed by atoms with E-state index < -0.39 is 0 Å². The van der Waals surface area contributed by atoms with Crippen LogP contribution >= 0.6 is 0 Å². The Hall–Kier alpha value is -4.07. The van der Waals surface area contributed by atoms with E-state index in [0.717, 1.165) is 5.56 Å². The fourth-order valence-electron chi connectivity index (χ4n) is 2.79. The summed E-state index contributed by atoms with van der Waals surface area (Å²) >= 11 is 0. The summed E-state index contributed by atoms with van der Waals surface area (Å²) in [6, 6.07) is 18.5. The maximum absolute atomic E-state index is 13.2. The van der Waals surface area contributed by atoms with Crippen molar-refractivity contribution in [2.75, 3.05) is 12.4 Å². The Bertz CT molecular complexity index is 1110. The van der Waals surface area contributed by atoms with Gasteiger partial charge in [0.05, 0.1) is 12.7 Å². The molecular formula is C21H18N6O2. The van der Waals surface area contributed by atoms with Crippen molar-refractivity contribution in [1.82, 2.24) is 24.7 Å². The summed E-state index contributed by atoms with van der Waals surface area (Å²) in [5.74, 6) is 0.977. The molecular weight excluding hydrogens is 368 g/mol. The average Bonchev–Trinajstić information content (AvgIpc) is 3.23. The van der Waals surface area contributed by atoms with E-state index in [0.29, 0.717) is 29.6 Å². The Balaban J connectivity index is 1.72. The van der Waals surface area contributed by atoms with Crippen LogP contribution in [0.5, 0.6) is 5.75 Å². The van der Waals surface area contributed by atoms with Crippen molar-refractivity contribution in [1.29, 1.82) is 0 Å². The Labute approximate surface area is 167 Å². The topological polar surface area (TPSA) is 94.8 Å². The lowest BCUT2D eigenvalue weighted by Crippen LogP contribution is -2.18. The number of aromatic nitrogens is 5.